The highest BCUT2D eigenvalue weighted by molar-refractivity contribution is 6.33. The van der Waals surface area contributed by atoms with Crippen LogP contribution in [0.25, 0.3) is 0 Å². The zero-order valence-corrected chi connectivity index (χ0v) is 20.1. The van der Waals surface area contributed by atoms with E-state index >= 15 is 0 Å². The molecule has 3 rings (SSSR count). The van der Waals surface area contributed by atoms with Crippen LogP contribution in [0.5, 0.6) is 0 Å². The van der Waals surface area contributed by atoms with Crippen LogP contribution in [0.3, 0.4) is 0 Å². The largest absolute Gasteiger partial charge is 0.337 e. The van der Waals surface area contributed by atoms with Crippen LogP contribution in [0.2, 0.25) is 5.02 Å². The number of hydrogen-bond donors (Lipinski definition) is 0. The van der Waals surface area contributed by atoms with Crippen molar-refractivity contribution in [1.29, 1.82) is 0 Å². The van der Waals surface area contributed by atoms with E-state index in [1.54, 1.807) is 24.3 Å². The molecule has 0 atom stereocenters. The van der Waals surface area contributed by atoms with E-state index in [0.717, 1.165) is 44.5 Å². The van der Waals surface area contributed by atoms with Gasteiger partial charge < -0.3 is 9.80 Å². The van der Waals surface area contributed by atoms with Crippen molar-refractivity contribution in [2.45, 2.75) is 39.2 Å². The SMILES string of the molecule is CCCCCC(=O)N(CCN1CCN(C(=O)c2ccccc2Cl)CC1)Cc1ccc(F)cc1. The number of carbonyl (C=O) groups is 2. The molecule has 0 unspecified atom stereocenters. The van der Waals surface area contributed by atoms with Gasteiger partial charge in [-0.1, -0.05) is 55.6 Å². The van der Waals surface area contributed by atoms with Gasteiger partial charge in [0.2, 0.25) is 5.91 Å². The number of halogens is 2. The molecule has 0 radical (unpaired) electrons. The summed E-state index contributed by atoms with van der Waals surface area (Å²) in [7, 11) is 0. The topological polar surface area (TPSA) is 43.9 Å². The number of benzene rings is 2. The predicted octanol–water partition coefficient (Wildman–Crippen LogP) is 4.85. The molecule has 33 heavy (non-hydrogen) atoms. The van der Waals surface area contributed by atoms with Gasteiger partial charge in [0, 0.05) is 52.2 Å². The van der Waals surface area contributed by atoms with E-state index in [1.807, 2.05) is 21.9 Å². The van der Waals surface area contributed by atoms with Gasteiger partial charge in [-0.25, -0.2) is 4.39 Å². The maximum atomic E-state index is 13.3. The second kappa shape index (κ2) is 12.7. The molecule has 1 aliphatic rings. The first-order valence-corrected chi connectivity index (χ1v) is 12.1. The number of hydrogen-bond acceptors (Lipinski definition) is 3. The number of nitrogens with zero attached hydrogens (tertiary/aromatic N) is 3. The lowest BCUT2D eigenvalue weighted by Crippen LogP contribution is -2.50. The molecular weight excluding hydrogens is 441 g/mol. The van der Waals surface area contributed by atoms with Crippen molar-refractivity contribution in [1.82, 2.24) is 14.7 Å². The fraction of sp³-hybridized carbons (Fsp3) is 0.462. The Morgan fingerprint density at radius 3 is 2.36 bits per heavy atom. The van der Waals surface area contributed by atoms with E-state index in [2.05, 4.69) is 11.8 Å². The highest BCUT2D eigenvalue weighted by Gasteiger charge is 2.24. The van der Waals surface area contributed by atoms with Gasteiger partial charge in [0.05, 0.1) is 10.6 Å². The number of rotatable bonds is 10. The Hall–Kier alpha value is -2.44. The third kappa shape index (κ3) is 7.54. The van der Waals surface area contributed by atoms with Crippen LogP contribution in [0.4, 0.5) is 4.39 Å². The Morgan fingerprint density at radius 2 is 1.70 bits per heavy atom. The van der Waals surface area contributed by atoms with E-state index in [-0.39, 0.29) is 17.6 Å². The minimum absolute atomic E-state index is 0.0377. The summed E-state index contributed by atoms with van der Waals surface area (Å²) < 4.78 is 13.3. The summed E-state index contributed by atoms with van der Waals surface area (Å²) in [5, 5.41) is 0.475. The molecule has 1 aliphatic heterocycles. The summed E-state index contributed by atoms with van der Waals surface area (Å²) in [4.78, 5) is 31.6. The summed E-state index contributed by atoms with van der Waals surface area (Å²) in [5.74, 6) is -0.173. The summed E-state index contributed by atoms with van der Waals surface area (Å²) in [6.45, 7) is 6.73. The van der Waals surface area contributed by atoms with Crippen LogP contribution < -0.4 is 0 Å². The van der Waals surface area contributed by atoms with Crippen LogP contribution in [0, 0.1) is 5.82 Å². The smallest absolute Gasteiger partial charge is 0.255 e. The summed E-state index contributed by atoms with van der Waals surface area (Å²) in [6, 6.07) is 13.5. The minimum Gasteiger partial charge on any atom is -0.337 e. The lowest BCUT2D eigenvalue weighted by atomic mass is 10.1. The first kappa shape index (κ1) is 25.2. The minimum atomic E-state index is -0.274. The molecule has 1 fully saturated rings. The molecule has 7 heteroatoms. The van der Waals surface area contributed by atoms with Gasteiger partial charge in [-0.2, -0.15) is 0 Å². The normalized spacial score (nSPS) is 14.3. The van der Waals surface area contributed by atoms with Crippen LogP contribution in [-0.4, -0.2) is 65.8 Å². The first-order chi connectivity index (χ1) is 16.0. The van der Waals surface area contributed by atoms with Crippen molar-refractivity contribution in [3.8, 4) is 0 Å². The first-order valence-electron chi connectivity index (χ1n) is 11.8. The molecule has 1 heterocycles. The van der Waals surface area contributed by atoms with E-state index in [0.29, 0.717) is 43.2 Å². The van der Waals surface area contributed by atoms with Gasteiger partial charge in [0.25, 0.3) is 5.91 Å². The molecule has 2 aromatic rings. The van der Waals surface area contributed by atoms with Gasteiger partial charge in [-0.3, -0.25) is 14.5 Å². The van der Waals surface area contributed by atoms with E-state index in [1.165, 1.54) is 12.1 Å². The van der Waals surface area contributed by atoms with E-state index in [9.17, 15) is 14.0 Å². The standard InChI is InChI=1S/C26H33ClFN3O2/c1-2-3-4-9-25(32)31(20-21-10-12-22(28)13-11-21)19-16-29-14-17-30(18-15-29)26(33)23-7-5-6-8-24(23)27/h5-8,10-13H,2-4,9,14-20H2,1H3. The molecule has 0 aliphatic carbocycles. The van der Waals surface area contributed by atoms with Gasteiger partial charge >= 0.3 is 0 Å². The third-order valence-corrected chi connectivity index (χ3v) is 6.41. The summed E-state index contributed by atoms with van der Waals surface area (Å²) >= 11 is 6.19. The fourth-order valence-corrected chi connectivity index (χ4v) is 4.24. The van der Waals surface area contributed by atoms with Gasteiger partial charge in [-0.05, 0) is 36.2 Å². The zero-order valence-electron chi connectivity index (χ0n) is 19.3. The van der Waals surface area contributed by atoms with Crippen molar-refractivity contribution in [3.63, 3.8) is 0 Å². The quantitative estimate of drug-likeness (QED) is 0.463. The second-order valence-electron chi connectivity index (χ2n) is 8.51. The monoisotopic (exact) mass is 473 g/mol. The van der Waals surface area contributed by atoms with E-state index < -0.39 is 0 Å². The Morgan fingerprint density at radius 1 is 1.00 bits per heavy atom. The molecule has 0 spiro atoms. The van der Waals surface area contributed by atoms with Crippen molar-refractivity contribution < 1.29 is 14.0 Å². The summed E-state index contributed by atoms with van der Waals surface area (Å²) in [5.41, 5.74) is 1.46. The molecule has 0 bridgehead atoms. The van der Waals surface area contributed by atoms with Crippen molar-refractivity contribution in [2.24, 2.45) is 0 Å². The highest BCUT2D eigenvalue weighted by atomic mass is 35.5. The Labute approximate surface area is 201 Å². The molecule has 2 amide bonds. The highest BCUT2D eigenvalue weighted by Crippen LogP contribution is 2.18. The zero-order chi connectivity index (χ0) is 23.6. The molecule has 0 aromatic heterocycles. The number of unbranched alkanes of at least 4 members (excludes halogenated alkanes) is 2. The van der Waals surface area contributed by atoms with Gasteiger partial charge in [0.1, 0.15) is 5.82 Å². The molecule has 0 N–H and O–H groups in total. The van der Waals surface area contributed by atoms with Gasteiger partial charge in [-0.15, -0.1) is 0 Å². The molecule has 2 aromatic carbocycles. The van der Waals surface area contributed by atoms with Crippen LogP contribution in [0.15, 0.2) is 48.5 Å². The van der Waals surface area contributed by atoms with Crippen LogP contribution in [-0.2, 0) is 11.3 Å². The van der Waals surface area contributed by atoms with Crippen LogP contribution in [0.1, 0.15) is 48.5 Å². The molecule has 1 saturated heterocycles. The molecular formula is C26H33ClFN3O2. The lowest BCUT2D eigenvalue weighted by molar-refractivity contribution is -0.132. The second-order valence-corrected chi connectivity index (χ2v) is 8.92. The summed E-state index contributed by atoms with van der Waals surface area (Å²) in [6.07, 6.45) is 3.53. The van der Waals surface area contributed by atoms with Crippen molar-refractivity contribution >= 4 is 23.4 Å². The molecule has 5 nitrogen and oxygen atoms in total. The average molecular weight is 474 g/mol. The van der Waals surface area contributed by atoms with Crippen molar-refractivity contribution in [2.75, 3.05) is 39.3 Å². The Balaban J connectivity index is 1.53. The number of amides is 2. The van der Waals surface area contributed by atoms with E-state index in [4.69, 9.17) is 11.6 Å². The number of piperazine rings is 1. The Bertz CT molecular complexity index is 914. The fourth-order valence-electron chi connectivity index (χ4n) is 4.03. The molecule has 0 saturated carbocycles. The maximum absolute atomic E-state index is 13.3. The number of carbonyl (C=O) groups excluding carboxylic acids is 2. The van der Waals surface area contributed by atoms with Crippen molar-refractivity contribution in [3.05, 3.63) is 70.5 Å². The third-order valence-electron chi connectivity index (χ3n) is 6.08. The average Bonchev–Trinajstić information content (AvgIpc) is 2.83. The van der Waals surface area contributed by atoms with Gasteiger partial charge in [0.15, 0.2) is 0 Å². The maximum Gasteiger partial charge on any atom is 0.255 e. The predicted molar refractivity (Wildman–Crippen MR) is 130 cm³/mol. The van der Waals surface area contributed by atoms with Crippen LogP contribution >= 0.6 is 11.6 Å². The Kier molecular flexibility index (Phi) is 9.70. The lowest BCUT2D eigenvalue weighted by Gasteiger charge is -2.36. The molecule has 178 valence electrons.